The summed E-state index contributed by atoms with van der Waals surface area (Å²) in [5.41, 5.74) is 15.8. The quantitative estimate of drug-likeness (QED) is 0.177. The predicted molar refractivity (Wildman–Crippen MR) is 216 cm³/mol. The summed E-state index contributed by atoms with van der Waals surface area (Å²) in [6, 6.07) is 69.0. The molecule has 0 N–H and O–H groups in total. The van der Waals surface area contributed by atoms with Crippen molar-refractivity contribution in [2.45, 2.75) is 0 Å². The van der Waals surface area contributed by atoms with E-state index in [-0.39, 0.29) is 0 Å². The molecule has 3 nitrogen and oxygen atoms in total. The van der Waals surface area contributed by atoms with E-state index in [1.807, 2.05) is 24.3 Å². The maximum absolute atomic E-state index is 5.96. The number of fused-ring (bicyclic) bond motifs is 4. The Morgan fingerprint density at radius 2 is 0.750 bits per heavy atom. The minimum absolute atomic E-state index is 0.641. The van der Waals surface area contributed by atoms with Gasteiger partial charge in [0.25, 0.3) is 0 Å². The zero-order chi connectivity index (χ0) is 34.4. The lowest BCUT2D eigenvalue weighted by Crippen LogP contribution is -1.93. The number of aromatic nitrogens is 2. The maximum atomic E-state index is 5.96. The van der Waals surface area contributed by atoms with Crippen LogP contribution in [-0.4, -0.2) is 9.55 Å². The number of nitrogens with zero attached hydrogens (tertiary/aromatic N) is 2. The third-order valence-electron chi connectivity index (χ3n) is 10.1. The molecule has 0 spiro atoms. The second kappa shape index (κ2) is 12.4. The molecule has 0 aliphatic heterocycles. The molecule has 0 saturated heterocycles. The van der Waals surface area contributed by atoms with Gasteiger partial charge in [-0.15, -0.1) is 0 Å². The predicted octanol–water partition coefficient (Wildman–Crippen LogP) is 13.3. The molecule has 2 heterocycles. The van der Waals surface area contributed by atoms with Crippen molar-refractivity contribution < 1.29 is 4.42 Å². The molecule has 10 aromatic rings. The number of hydrogen-bond donors (Lipinski definition) is 0. The molecule has 0 saturated carbocycles. The average molecular weight is 665 g/mol. The Morgan fingerprint density at radius 3 is 1.27 bits per heavy atom. The summed E-state index contributed by atoms with van der Waals surface area (Å²) < 4.78 is 8.34. The Kier molecular flexibility index (Phi) is 7.14. The summed E-state index contributed by atoms with van der Waals surface area (Å²) in [6.07, 6.45) is 0. The fraction of sp³-hybridized carbons (Fsp3) is 0. The Balaban J connectivity index is 0.947. The van der Waals surface area contributed by atoms with Crippen LogP contribution in [0.4, 0.5) is 0 Å². The number of benzene rings is 8. The van der Waals surface area contributed by atoms with E-state index >= 15 is 0 Å². The minimum Gasteiger partial charge on any atom is -0.436 e. The first kappa shape index (κ1) is 29.9. The average Bonchev–Trinajstić information content (AvgIpc) is 3.81. The maximum Gasteiger partial charge on any atom is 0.227 e. The highest BCUT2D eigenvalue weighted by molar-refractivity contribution is 6.11. The van der Waals surface area contributed by atoms with Gasteiger partial charge in [0.1, 0.15) is 5.52 Å². The number of oxazole rings is 1. The molecule has 0 atom stereocenters. The van der Waals surface area contributed by atoms with Crippen molar-refractivity contribution in [1.29, 1.82) is 0 Å². The summed E-state index contributed by atoms with van der Waals surface area (Å²) >= 11 is 0. The van der Waals surface area contributed by atoms with E-state index in [0.29, 0.717) is 5.89 Å². The molecule has 3 heteroatoms. The van der Waals surface area contributed by atoms with Crippen LogP contribution in [0, 0.1) is 0 Å². The van der Waals surface area contributed by atoms with Crippen LogP contribution < -0.4 is 0 Å². The van der Waals surface area contributed by atoms with Gasteiger partial charge in [0.15, 0.2) is 5.58 Å². The zero-order valence-electron chi connectivity index (χ0n) is 28.3. The van der Waals surface area contributed by atoms with Crippen LogP contribution in [0.3, 0.4) is 0 Å². The number of hydrogen-bond acceptors (Lipinski definition) is 2. The largest absolute Gasteiger partial charge is 0.436 e. The van der Waals surface area contributed by atoms with Gasteiger partial charge in [0.2, 0.25) is 5.89 Å². The molecular weight excluding hydrogens is 633 g/mol. The molecule has 0 aliphatic carbocycles. The van der Waals surface area contributed by atoms with E-state index in [4.69, 9.17) is 4.42 Å². The third-order valence-corrected chi connectivity index (χ3v) is 10.1. The fourth-order valence-electron chi connectivity index (χ4n) is 7.38. The molecule has 0 amide bonds. The van der Waals surface area contributed by atoms with Gasteiger partial charge in [-0.05, 0) is 105 Å². The molecule has 0 radical (unpaired) electrons. The van der Waals surface area contributed by atoms with Crippen molar-refractivity contribution in [2.75, 3.05) is 0 Å². The van der Waals surface area contributed by atoms with Gasteiger partial charge in [-0.3, -0.25) is 0 Å². The first-order valence-corrected chi connectivity index (χ1v) is 17.6. The topological polar surface area (TPSA) is 31.0 Å². The summed E-state index contributed by atoms with van der Waals surface area (Å²) in [7, 11) is 0. The van der Waals surface area contributed by atoms with Gasteiger partial charge < -0.3 is 8.98 Å². The standard InChI is InChI=1S/C49H32N2O/c1-3-9-33(10-4-1)40-27-29-46-43(31-40)44-32-41(28-30-47(44)51(46)42-11-5-2-6-12-42)38-21-19-36(20-22-38)34-15-17-35(18-16-34)37-23-25-39(26-24-37)49-50-45-13-7-8-14-48(45)52-49/h1-32H. The first-order chi connectivity index (χ1) is 25.7. The molecule has 0 fully saturated rings. The summed E-state index contributed by atoms with van der Waals surface area (Å²) in [5.74, 6) is 0.641. The lowest BCUT2D eigenvalue weighted by Gasteiger charge is -2.09. The molecule has 52 heavy (non-hydrogen) atoms. The molecule has 10 rings (SSSR count). The summed E-state index contributed by atoms with van der Waals surface area (Å²) in [5, 5.41) is 2.50. The molecule has 0 aliphatic rings. The van der Waals surface area contributed by atoms with Gasteiger partial charge in [-0.1, -0.05) is 133 Å². The van der Waals surface area contributed by atoms with E-state index in [9.17, 15) is 0 Å². The second-order valence-electron chi connectivity index (χ2n) is 13.2. The van der Waals surface area contributed by atoms with Gasteiger partial charge in [-0.25, -0.2) is 4.98 Å². The van der Waals surface area contributed by atoms with Crippen LogP contribution in [0.15, 0.2) is 199 Å². The highest BCUT2D eigenvalue weighted by atomic mass is 16.3. The van der Waals surface area contributed by atoms with Crippen molar-refractivity contribution in [3.05, 3.63) is 194 Å². The van der Waals surface area contributed by atoms with E-state index in [1.165, 1.54) is 60.8 Å². The van der Waals surface area contributed by atoms with Gasteiger partial charge in [0, 0.05) is 22.0 Å². The van der Waals surface area contributed by atoms with Crippen LogP contribution in [0.5, 0.6) is 0 Å². The lowest BCUT2D eigenvalue weighted by atomic mass is 9.97. The highest BCUT2D eigenvalue weighted by Gasteiger charge is 2.15. The summed E-state index contributed by atoms with van der Waals surface area (Å²) in [4.78, 5) is 4.64. The van der Waals surface area contributed by atoms with E-state index in [0.717, 1.165) is 27.9 Å². The van der Waals surface area contributed by atoms with Crippen molar-refractivity contribution in [2.24, 2.45) is 0 Å². The number of para-hydroxylation sites is 3. The monoisotopic (exact) mass is 664 g/mol. The molecule has 0 bridgehead atoms. The highest BCUT2D eigenvalue weighted by Crippen LogP contribution is 2.38. The molecule has 244 valence electrons. The van der Waals surface area contributed by atoms with Crippen molar-refractivity contribution in [3.8, 4) is 61.6 Å². The van der Waals surface area contributed by atoms with Crippen LogP contribution >= 0.6 is 0 Å². The third kappa shape index (κ3) is 5.28. The van der Waals surface area contributed by atoms with Crippen LogP contribution in [-0.2, 0) is 0 Å². The fourth-order valence-corrected chi connectivity index (χ4v) is 7.38. The SMILES string of the molecule is c1ccc(-c2ccc3c(c2)c2cc(-c4ccc(-c5ccc(-c6ccc(-c7nc8ccccc8o7)cc6)cc5)cc4)ccc2n3-c2ccccc2)cc1. The van der Waals surface area contributed by atoms with Crippen LogP contribution in [0.2, 0.25) is 0 Å². The van der Waals surface area contributed by atoms with Crippen molar-refractivity contribution in [1.82, 2.24) is 9.55 Å². The molecule has 2 aromatic heterocycles. The van der Waals surface area contributed by atoms with Crippen molar-refractivity contribution in [3.63, 3.8) is 0 Å². The normalized spacial score (nSPS) is 11.5. The van der Waals surface area contributed by atoms with E-state index in [2.05, 4.69) is 179 Å². The van der Waals surface area contributed by atoms with Crippen LogP contribution in [0.1, 0.15) is 0 Å². The molecule has 0 unspecified atom stereocenters. The van der Waals surface area contributed by atoms with E-state index < -0.39 is 0 Å². The van der Waals surface area contributed by atoms with Crippen molar-refractivity contribution >= 4 is 32.9 Å². The van der Waals surface area contributed by atoms with Crippen LogP contribution in [0.25, 0.3) is 94.6 Å². The van der Waals surface area contributed by atoms with Gasteiger partial charge in [0.05, 0.1) is 11.0 Å². The summed E-state index contributed by atoms with van der Waals surface area (Å²) in [6.45, 7) is 0. The Morgan fingerprint density at radius 1 is 0.346 bits per heavy atom. The Labute approximate surface area is 301 Å². The van der Waals surface area contributed by atoms with Gasteiger partial charge in [-0.2, -0.15) is 0 Å². The zero-order valence-corrected chi connectivity index (χ0v) is 28.3. The smallest absolute Gasteiger partial charge is 0.227 e. The number of rotatable bonds is 6. The van der Waals surface area contributed by atoms with E-state index in [1.54, 1.807) is 0 Å². The Bertz CT molecular complexity index is 2810. The second-order valence-corrected chi connectivity index (χ2v) is 13.2. The first-order valence-electron chi connectivity index (χ1n) is 17.6. The van der Waals surface area contributed by atoms with Gasteiger partial charge >= 0.3 is 0 Å². The molecule has 8 aromatic carbocycles. The minimum atomic E-state index is 0.641. The lowest BCUT2D eigenvalue weighted by molar-refractivity contribution is 0.620. The Hall–Kier alpha value is -6.97. The molecular formula is C49H32N2O.